The van der Waals surface area contributed by atoms with Crippen LogP contribution in [-0.4, -0.2) is 34.1 Å². The van der Waals surface area contributed by atoms with Crippen molar-refractivity contribution < 1.29 is 9.90 Å². The Balaban J connectivity index is 2.83. The molecule has 13 heavy (non-hydrogen) atoms. The molecular formula is C10H15NO2. The van der Waals surface area contributed by atoms with Gasteiger partial charge in [0.05, 0.1) is 12.5 Å². The van der Waals surface area contributed by atoms with Crippen LogP contribution in [-0.2, 0) is 4.79 Å². The Morgan fingerprint density at radius 3 is 2.77 bits per heavy atom. The molecule has 1 saturated heterocycles. The van der Waals surface area contributed by atoms with E-state index >= 15 is 0 Å². The van der Waals surface area contributed by atoms with Gasteiger partial charge in [-0.25, -0.2) is 0 Å². The van der Waals surface area contributed by atoms with Crippen LogP contribution in [0.25, 0.3) is 0 Å². The Bertz CT molecular complexity index is 256. The molecule has 3 heteroatoms. The van der Waals surface area contributed by atoms with Gasteiger partial charge in [-0.2, -0.15) is 0 Å². The molecule has 1 N–H and O–H groups in total. The van der Waals surface area contributed by atoms with Crippen molar-refractivity contribution in [2.24, 2.45) is 0 Å². The molecule has 0 aromatic carbocycles. The molecule has 0 saturated carbocycles. The van der Waals surface area contributed by atoms with E-state index < -0.39 is 11.6 Å². The van der Waals surface area contributed by atoms with Crippen LogP contribution in [0.3, 0.4) is 0 Å². The Kier molecular flexibility index (Phi) is 2.63. The van der Waals surface area contributed by atoms with Gasteiger partial charge in [0, 0.05) is 6.54 Å². The van der Waals surface area contributed by atoms with Crippen LogP contribution in [0, 0.1) is 12.3 Å². The summed E-state index contributed by atoms with van der Waals surface area (Å²) in [6.07, 6.45) is 5.75. The molecule has 0 aromatic heterocycles. The Hall–Kier alpha value is -1.01. The minimum Gasteiger partial charge on any atom is -0.391 e. The van der Waals surface area contributed by atoms with E-state index in [1.54, 1.807) is 4.90 Å². The van der Waals surface area contributed by atoms with E-state index in [4.69, 9.17) is 6.42 Å². The van der Waals surface area contributed by atoms with E-state index in [1.165, 1.54) is 0 Å². The summed E-state index contributed by atoms with van der Waals surface area (Å²) < 4.78 is 0. The van der Waals surface area contributed by atoms with E-state index in [0.717, 1.165) is 0 Å². The SMILES string of the molecule is C#CC(C)(CC)N1CC(O)CC1=O. The molecule has 1 heterocycles. The molecule has 0 aromatic rings. The zero-order chi connectivity index (χ0) is 10.1. The summed E-state index contributed by atoms with van der Waals surface area (Å²) in [5, 5.41) is 9.29. The number of carbonyl (C=O) groups excluding carboxylic acids is 1. The monoisotopic (exact) mass is 181 g/mol. The fraction of sp³-hybridized carbons (Fsp3) is 0.700. The van der Waals surface area contributed by atoms with Crippen LogP contribution in [0.1, 0.15) is 26.7 Å². The highest BCUT2D eigenvalue weighted by atomic mass is 16.3. The first kappa shape index (κ1) is 10.1. The number of aliphatic hydroxyl groups is 1. The van der Waals surface area contributed by atoms with Gasteiger partial charge in [0.2, 0.25) is 5.91 Å². The number of carbonyl (C=O) groups is 1. The second kappa shape index (κ2) is 3.39. The van der Waals surface area contributed by atoms with E-state index in [0.29, 0.717) is 13.0 Å². The number of nitrogens with zero attached hydrogens (tertiary/aromatic N) is 1. The van der Waals surface area contributed by atoms with Crippen molar-refractivity contribution in [2.45, 2.75) is 38.3 Å². The molecule has 3 nitrogen and oxygen atoms in total. The first-order valence-corrected chi connectivity index (χ1v) is 4.50. The predicted octanol–water partition coefficient (Wildman–Crippen LogP) is 0.382. The average Bonchev–Trinajstić information content (AvgIpc) is 2.44. The lowest BCUT2D eigenvalue weighted by molar-refractivity contribution is -0.131. The Labute approximate surface area is 78.7 Å². The van der Waals surface area contributed by atoms with Gasteiger partial charge in [-0.1, -0.05) is 12.8 Å². The van der Waals surface area contributed by atoms with Gasteiger partial charge in [-0.15, -0.1) is 6.42 Å². The first-order chi connectivity index (χ1) is 6.03. The summed E-state index contributed by atoms with van der Waals surface area (Å²) in [7, 11) is 0. The lowest BCUT2D eigenvalue weighted by atomic mass is 9.98. The second-order valence-corrected chi connectivity index (χ2v) is 3.63. The Morgan fingerprint density at radius 2 is 2.46 bits per heavy atom. The maximum Gasteiger partial charge on any atom is 0.226 e. The highest BCUT2D eigenvalue weighted by Gasteiger charge is 2.38. The minimum atomic E-state index is -0.549. The second-order valence-electron chi connectivity index (χ2n) is 3.63. The number of aliphatic hydroxyl groups excluding tert-OH is 1. The summed E-state index contributed by atoms with van der Waals surface area (Å²) in [5.41, 5.74) is -0.533. The lowest BCUT2D eigenvalue weighted by Crippen LogP contribution is -2.46. The van der Waals surface area contributed by atoms with Gasteiger partial charge in [-0.3, -0.25) is 4.79 Å². The molecule has 1 amide bonds. The standard InChI is InChI=1S/C10H15NO2/c1-4-10(3,5-2)11-7-8(12)6-9(11)13/h1,8,12H,5-7H2,2-3H3. The van der Waals surface area contributed by atoms with Crippen LogP contribution >= 0.6 is 0 Å². The van der Waals surface area contributed by atoms with Crippen molar-refractivity contribution in [1.82, 2.24) is 4.90 Å². The molecule has 1 aliphatic rings. The third kappa shape index (κ3) is 1.68. The van der Waals surface area contributed by atoms with Gasteiger partial charge >= 0.3 is 0 Å². The molecule has 1 rings (SSSR count). The summed E-state index contributed by atoms with van der Waals surface area (Å²) in [5.74, 6) is 2.57. The van der Waals surface area contributed by atoms with Crippen molar-refractivity contribution in [3.8, 4) is 12.3 Å². The summed E-state index contributed by atoms with van der Waals surface area (Å²) in [4.78, 5) is 13.0. The largest absolute Gasteiger partial charge is 0.391 e. The molecule has 0 aliphatic carbocycles. The maximum atomic E-state index is 11.4. The number of hydrogen-bond acceptors (Lipinski definition) is 2. The zero-order valence-electron chi connectivity index (χ0n) is 8.08. The Morgan fingerprint density at radius 1 is 1.85 bits per heavy atom. The topological polar surface area (TPSA) is 40.5 Å². The van der Waals surface area contributed by atoms with Crippen LogP contribution < -0.4 is 0 Å². The molecule has 2 unspecified atom stereocenters. The van der Waals surface area contributed by atoms with Gasteiger partial charge in [-0.05, 0) is 13.3 Å². The molecule has 1 fully saturated rings. The molecule has 1 aliphatic heterocycles. The molecule has 72 valence electrons. The third-order valence-corrected chi connectivity index (χ3v) is 2.70. The minimum absolute atomic E-state index is 0.0465. The smallest absolute Gasteiger partial charge is 0.226 e. The van der Waals surface area contributed by atoms with Crippen molar-refractivity contribution in [2.75, 3.05) is 6.54 Å². The van der Waals surface area contributed by atoms with Crippen molar-refractivity contribution in [3.05, 3.63) is 0 Å². The number of amides is 1. The average molecular weight is 181 g/mol. The summed E-state index contributed by atoms with van der Waals surface area (Å²) in [6, 6.07) is 0. The van der Waals surface area contributed by atoms with E-state index in [1.807, 2.05) is 13.8 Å². The van der Waals surface area contributed by atoms with Gasteiger partial charge in [0.1, 0.15) is 5.54 Å². The van der Waals surface area contributed by atoms with Crippen LogP contribution in [0.2, 0.25) is 0 Å². The summed E-state index contributed by atoms with van der Waals surface area (Å²) >= 11 is 0. The quantitative estimate of drug-likeness (QED) is 0.626. The van der Waals surface area contributed by atoms with Crippen molar-refractivity contribution >= 4 is 5.91 Å². The molecule has 0 spiro atoms. The number of likely N-dealkylation sites (tertiary alicyclic amines) is 1. The molecule has 2 atom stereocenters. The summed E-state index contributed by atoms with van der Waals surface area (Å²) in [6.45, 7) is 4.16. The van der Waals surface area contributed by atoms with Gasteiger partial charge in [0.15, 0.2) is 0 Å². The fourth-order valence-corrected chi connectivity index (χ4v) is 1.54. The van der Waals surface area contributed by atoms with E-state index in [9.17, 15) is 9.90 Å². The highest BCUT2D eigenvalue weighted by Crippen LogP contribution is 2.24. The van der Waals surface area contributed by atoms with Crippen LogP contribution in [0.5, 0.6) is 0 Å². The highest BCUT2D eigenvalue weighted by molar-refractivity contribution is 5.80. The normalized spacial score (nSPS) is 27.1. The molecule has 0 radical (unpaired) electrons. The number of terminal acetylenes is 1. The third-order valence-electron chi connectivity index (χ3n) is 2.70. The van der Waals surface area contributed by atoms with Crippen molar-refractivity contribution in [3.63, 3.8) is 0 Å². The lowest BCUT2D eigenvalue weighted by Gasteiger charge is -2.33. The molecular weight excluding hydrogens is 166 g/mol. The first-order valence-electron chi connectivity index (χ1n) is 4.50. The van der Waals surface area contributed by atoms with Crippen LogP contribution in [0.4, 0.5) is 0 Å². The van der Waals surface area contributed by atoms with Crippen molar-refractivity contribution in [1.29, 1.82) is 0 Å². The van der Waals surface area contributed by atoms with Gasteiger partial charge < -0.3 is 10.0 Å². The maximum absolute atomic E-state index is 11.4. The van der Waals surface area contributed by atoms with E-state index in [2.05, 4.69) is 5.92 Å². The number of rotatable bonds is 2. The predicted molar refractivity (Wildman–Crippen MR) is 49.9 cm³/mol. The fourth-order valence-electron chi connectivity index (χ4n) is 1.54. The molecule has 0 bridgehead atoms. The zero-order valence-corrected chi connectivity index (χ0v) is 8.08. The number of hydrogen-bond donors (Lipinski definition) is 1. The van der Waals surface area contributed by atoms with Crippen LogP contribution in [0.15, 0.2) is 0 Å². The number of β-amino-alcohol motifs (C(OH)–C–C–N with tert-alkyl or cyclic N) is 1. The van der Waals surface area contributed by atoms with Gasteiger partial charge in [0.25, 0.3) is 0 Å². The van der Waals surface area contributed by atoms with E-state index in [-0.39, 0.29) is 12.3 Å².